The fourth-order valence-electron chi connectivity index (χ4n) is 3.25. The number of aromatic nitrogens is 3. The number of unbranched alkanes of at least 4 members (excludes halogenated alkanes) is 2. The summed E-state index contributed by atoms with van der Waals surface area (Å²) in [5, 5.41) is 16.6. The Morgan fingerprint density at radius 2 is 1.71 bits per heavy atom. The van der Waals surface area contributed by atoms with E-state index < -0.39 is 17.6 Å². The van der Waals surface area contributed by atoms with Gasteiger partial charge in [0.1, 0.15) is 0 Å². The second-order valence-corrected chi connectivity index (χ2v) is 6.96. The number of halogens is 2. The van der Waals surface area contributed by atoms with Gasteiger partial charge in [0, 0.05) is 38.7 Å². The lowest BCUT2D eigenvalue weighted by Crippen LogP contribution is -2.24. The normalized spacial score (nSPS) is 13.0. The van der Waals surface area contributed by atoms with Crippen LogP contribution < -0.4 is 0 Å². The molecule has 0 unspecified atom stereocenters. The number of aliphatic carboxylic acids is 1. The number of amides is 1. The first-order valence-electron chi connectivity index (χ1n) is 9.28. The number of carboxylic acids is 1. The molecule has 1 N–H and O–H groups in total. The van der Waals surface area contributed by atoms with E-state index in [0.717, 1.165) is 19.3 Å². The maximum Gasteiger partial charge on any atom is 0.303 e. The summed E-state index contributed by atoms with van der Waals surface area (Å²) in [5.74, 6) is -2.65. The van der Waals surface area contributed by atoms with Crippen LogP contribution in [-0.4, -0.2) is 36.9 Å². The Hall–Kier alpha value is -2.84. The number of carbonyl (C=O) groups is 2. The molecular weight excluding hydrogens is 370 g/mol. The molecule has 28 heavy (non-hydrogen) atoms. The van der Waals surface area contributed by atoms with E-state index in [1.165, 1.54) is 12.1 Å². The van der Waals surface area contributed by atoms with Gasteiger partial charge in [0.2, 0.25) is 5.91 Å². The molecule has 150 valence electrons. The molecule has 1 amide bonds. The van der Waals surface area contributed by atoms with Crippen LogP contribution in [0.15, 0.2) is 18.3 Å². The van der Waals surface area contributed by atoms with Crippen LogP contribution in [-0.2, 0) is 35.6 Å². The molecule has 1 aromatic carbocycles. The van der Waals surface area contributed by atoms with E-state index in [0.29, 0.717) is 49.3 Å². The minimum atomic E-state index is -0.882. The Balaban J connectivity index is 1.35. The highest BCUT2D eigenvalue weighted by molar-refractivity contribution is 5.76. The highest BCUT2D eigenvalue weighted by Gasteiger charge is 2.24. The Bertz CT molecular complexity index is 838. The van der Waals surface area contributed by atoms with Crippen molar-refractivity contribution in [3.63, 3.8) is 0 Å². The number of rotatable bonds is 9. The summed E-state index contributed by atoms with van der Waals surface area (Å²) in [6.07, 6.45) is 4.89. The van der Waals surface area contributed by atoms with Crippen molar-refractivity contribution in [1.29, 1.82) is 0 Å². The van der Waals surface area contributed by atoms with E-state index in [-0.39, 0.29) is 12.3 Å². The van der Waals surface area contributed by atoms with E-state index in [9.17, 15) is 18.4 Å². The van der Waals surface area contributed by atoms with Crippen molar-refractivity contribution in [2.75, 3.05) is 0 Å². The van der Waals surface area contributed by atoms with E-state index in [4.69, 9.17) is 5.11 Å². The van der Waals surface area contributed by atoms with Gasteiger partial charge in [-0.2, -0.15) is 0 Å². The van der Waals surface area contributed by atoms with Crippen molar-refractivity contribution >= 4 is 11.9 Å². The van der Waals surface area contributed by atoms with Crippen LogP contribution in [0.3, 0.4) is 0 Å². The van der Waals surface area contributed by atoms with Crippen molar-refractivity contribution in [3.05, 3.63) is 46.8 Å². The molecular formula is C19H22F2N4O3. The molecule has 1 aromatic heterocycles. The van der Waals surface area contributed by atoms with Gasteiger partial charge in [0.15, 0.2) is 11.6 Å². The van der Waals surface area contributed by atoms with Crippen molar-refractivity contribution < 1.29 is 23.5 Å². The fraction of sp³-hybridized carbons (Fsp3) is 0.474. The van der Waals surface area contributed by atoms with E-state index in [1.807, 2.05) is 0 Å². The van der Waals surface area contributed by atoms with Crippen molar-refractivity contribution in [2.24, 2.45) is 0 Å². The Morgan fingerprint density at radius 1 is 1.04 bits per heavy atom. The van der Waals surface area contributed by atoms with Crippen LogP contribution in [0.2, 0.25) is 0 Å². The van der Waals surface area contributed by atoms with Crippen LogP contribution in [0.1, 0.15) is 48.9 Å². The SMILES string of the molecule is O=C(O)CCc1cn(CCCCCC(=O)N2Cc3cc(F)c(F)cc3C2)nn1. The van der Waals surface area contributed by atoms with Crippen LogP contribution in [0.25, 0.3) is 0 Å². The second-order valence-electron chi connectivity index (χ2n) is 6.96. The lowest BCUT2D eigenvalue weighted by Gasteiger charge is -2.15. The smallest absolute Gasteiger partial charge is 0.303 e. The van der Waals surface area contributed by atoms with Gasteiger partial charge in [-0.25, -0.2) is 8.78 Å². The minimum Gasteiger partial charge on any atom is -0.481 e. The lowest BCUT2D eigenvalue weighted by molar-refractivity contribution is -0.137. The van der Waals surface area contributed by atoms with Gasteiger partial charge in [-0.05, 0) is 36.1 Å². The zero-order valence-electron chi connectivity index (χ0n) is 15.4. The summed E-state index contributed by atoms with van der Waals surface area (Å²) in [7, 11) is 0. The molecule has 0 saturated carbocycles. The number of hydrogen-bond acceptors (Lipinski definition) is 4. The maximum absolute atomic E-state index is 13.3. The summed E-state index contributed by atoms with van der Waals surface area (Å²) < 4.78 is 28.3. The van der Waals surface area contributed by atoms with Crippen molar-refractivity contribution in [3.8, 4) is 0 Å². The van der Waals surface area contributed by atoms with Gasteiger partial charge in [0.05, 0.1) is 12.1 Å². The lowest BCUT2D eigenvalue weighted by atomic mass is 10.1. The van der Waals surface area contributed by atoms with E-state index in [2.05, 4.69) is 10.3 Å². The molecule has 0 saturated heterocycles. The van der Waals surface area contributed by atoms with Crippen LogP contribution in [0.4, 0.5) is 8.78 Å². The van der Waals surface area contributed by atoms with Gasteiger partial charge in [0.25, 0.3) is 0 Å². The largest absolute Gasteiger partial charge is 0.481 e. The Kier molecular flexibility index (Phi) is 6.33. The fourth-order valence-corrected chi connectivity index (χ4v) is 3.25. The third kappa shape index (κ3) is 5.11. The first kappa shape index (κ1) is 19.9. The molecule has 0 fully saturated rings. The minimum absolute atomic E-state index is 0.0197. The predicted octanol–water partition coefficient (Wildman–Crippen LogP) is 2.68. The third-order valence-corrected chi connectivity index (χ3v) is 4.78. The van der Waals surface area contributed by atoms with Gasteiger partial charge >= 0.3 is 5.97 Å². The van der Waals surface area contributed by atoms with Crippen LogP contribution in [0.5, 0.6) is 0 Å². The molecule has 1 aliphatic heterocycles. The highest BCUT2D eigenvalue weighted by Crippen LogP contribution is 2.26. The number of fused-ring (bicyclic) bond motifs is 1. The van der Waals surface area contributed by atoms with Crippen molar-refractivity contribution in [2.45, 2.75) is 58.2 Å². The molecule has 3 rings (SSSR count). The quantitative estimate of drug-likeness (QED) is 0.663. The van der Waals surface area contributed by atoms with Crippen LogP contribution in [0, 0.1) is 11.6 Å². The van der Waals surface area contributed by atoms with Gasteiger partial charge in [-0.1, -0.05) is 11.6 Å². The monoisotopic (exact) mass is 392 g/mol. The summed E-state index contributed by atoms with van der Waals surface area (Å²) in [6, 6.07) is 2.33. The summed E-state index contributed by atoms with van der Waals surface area (Å²) >= 11 is 0. The third-order valence-electron chi connectivity index (χ3n) is 4.78. The molecule has 0 bridgehead atoms. The molecule has 0 aliphatic carbocycles. The molecule has 2 heterocycles. The maximum atomic E-state index is 13.3. The Morgan fingerprint density at radius 3 is 2.36 bits per heavy atom. The van der Waals surface area contributed by atoms with E-state index >= 15 is 0 Å². The summed E-state index contributed by atoms with van der Waals surface area (Å²) in [5.41, 5.74) is 1.98. The molecule has 1 aliphatic rings. The molecule has 0 spiro atoms. The number of aryl methyl sites for hydroxylation is 2. The number of hydrogen-bond donors (Lipinski definition) is 1. The molecule has 0 radical (unpaired) electrons. The number of carboxylic acid groups (broad SMARTS) is 1. The zero-order valence-corrected chi connectivity index (χ0v) is 15.4. The molecule has 2 aromatic rings. The molecule has 9 heteroatoms. The number of benzene rings is 1. The topological polar surface area (TPSA) is 88.3 Å². The van der Waals surface area contributed by atoms with Crippen molar-refractivity contribution in [1.82, 2.24) is 19.9 Å². The number of carbonyl (C=O) groups excluding carboxylic acids is 1. The predicted molar refractivity (Wildman–Crippen MR) is 95.1 cm³/mol. The zero-order chi connectivity index (χ0) is 20.1. The average molecular weight is 392 g/mol. The van der Waals surface area contributed by atoms with E-state index in [1.54, 1.807) is 15.8 Å². The molecule has 7 nitrogen and oxygen atoms in total. The van der Waals surface area contributed by atoms with Gasteiger partial charge < -0.3 is 10.0 Å². The molecule has 0 atom stereocenters. The number of nitrogens with zero attached hydrogens (tertiary/aromatic N) is 4. The summed E-state index contributed by atoms with van der Waals surface area (Å²) in [6.45, 7) is 1.30. The van der Waals surface area contributed by atoms with Gasteiger partial charge in [-0.15, -0.1) is 5.10 Å². The summed E-state index contributed by atoms with van der Waals surface area (Å²) in [4.78, 5) is 24.5. The second kappa shape index (κ2) is 8.90. The van der Waals surface area contributed by atoms with Crippen LogP contribution >= 0.6 is 0 Å². The Labute approximate surface area is 161 Å². The standard InChI is InChI=1S/C19H22F2N4O3/c20-16-8-13-10-24(11-14(13)9-17(16)21)18(26)4-2-1-3-7-25-12-15(22-23-25)5-6-19(27)28/h8-9,12H,1-7,10-11H2,(H,27,28). The van der Waals surface area contributed by atoms with Gasteiger partial charge in [-0.3, -0.25) is 14.3 Å². The average Bonchev–Trinajstić information content (AvgIpc) is 3.26. The first-order valence-corrected chi connectivity index (χ1v) is 9.28. The highest BCUT2D eigenvalue weighted by atomic mass is 19.2. The first-order chi connectivity index (χ1) is 13.4.